The van der Waals surface area contributed by atoms with Crippen LogP contribution >= 0.6 is 11.6 Å². The average molecular weight is 552 g/mol. The van der Waals surface area contributed by atoms with Crippen molar-refractivity contribution < 1.29 is 23.5 Å². The highest BCUT2D eigenvalue weighted by Gasteiger charge is 2.72. The Kier molecular flexibility index (Phi) is 6.71. The third-order valence-corrected chi connectivity index (χ3v) is 9.02. The topological polar surface area (TPSA) is 87.7 Å². The maximum absolute atomic E-state index is 14.7. The molecule has 7 nitrogen and oxygen atoms in total. The van der Waals surface area contributed by atoms with E-state index in [0.29, 0.717) is 16.3 Å². The fourth-order valence-corrected chi connectivity index (χ4v) is 6.85. The minimum Gasteiger partial charge on any atom is -0.359 e. The molecule has 4 aliphatic rings. The van der Waals surface area contributed by atoms with Crippen LogP contribution in [0, 0.1) is 24.6 Å². The summed E-state index contributed by atoms with van der Waals surface area (Å²) in [5.74, 6) is -3.33. The molecule has 39 heavy (non-hydrogen) atoms. The van der Waals surface area contributed by atoms with Crippen LogP contribution in [0.15, 0.2) is 54.6 Å². The van der Waals surface area contributed by atoms with Gasteiger partial charge in [0.2, 0.25) is 17.7 Å². The molecule has 3 aliphatic heterocycles. The molecule has 0 unspecified atom stereocenters. The minimum atomic E-state index is -1.31. The summed E-state index contributed by atoms with van der Waals surface area (Å²) in [5.41, 5.74) is 0.378. The van der Waals surface area contributed by atoms with E-state index in [9.17, 15) is 18.8 Å². The summed E-state index contributed by atoms with van der Waals surface area (Å²) >= 11 is 6.25. The molecule has 2 N–H and O–H groups in total. The van der Waals surface area contributed by atoms with E-state index in [4.69, 9.17) is 16.3 Å². The molecular weight excluding hydrogens is 521 g/mol. The SMILES string of the molecule is Cc1ccc(NC(=O)[C@@H]2[C@@H]3C=C[C@]4(O3)[C@@H]2C(=O)N(Cc2ccccc2F)[C@@H]4C(=O)NC2CCCCC2)cc1Cl. The van der Waals surface area contributed by atoms with Crippen LogP contribution < -0.4 is 10.6 Å². The molecule has 3 fully saturated rings. The molecule has 1 aliphatic carbocycles. The van der Waals surface area contributed by atoms with Crippen LogP contribution in [0.25, 0.3) is 0 Å². The minimum absolute atomic E-state index is 0.0140. The lowest BCUT2D eigenvalue weighted by molar-refractivity contribution is -0.142. The molecule has 6 rings (SSSR count). The number of likely N-dealkylation sites (tertiary alicyclic amines) is 1. The van der Waals surface area contributed by atoms with E-state index in [1.54, 1.807) is 48.6 Å². The predicted octanol–water partition coefficient (Wildman–Crippen LogP) is 4.53. The lowest BCUT2D eigenvalue weighted by Gasteiger charge is -2.34. The van der Waals surface area contributed by atoms with E-state index < -0.39 is 41.3 Å². The second-order valence-corrected chi connectivity index (χ2v) is 11.5. The standard InChI is InChI=1S/C30H31ClFN3O4/c1-17-11-12-20(15-21(17)31)34-27(36)24-23-13-14-30(39-23)25(24)29(38)35(16-18-7-5-6-10-22(18)32)26(30)28(37)33-19-8-3-2-4-9-19/h5-7,10-15,19,23-26H,2-4,8-9,16H2,1H3,(H,33,37)(H,34,36)/t23-,24+,25-,26+,30-/m0/s1. The fraction of sp³-hybridized carbons (Fsp3) is 0.433. The molecular formula is C30H31ClFN3O4. The number of ether oxygens (including phenoxy) is 1. The van der Waals surface area contributed by atoms with Gasteiger partial charge in [0.25, 0.3) is 0 Å². The lowest BCUT2D eigenvalue weighted by atomic mass is 9.74. The average Bonchev–Trinajstić information content (AvgIpc) is 3.56. The molecule has 3 amide bonds. The number of carbonyl (C=O) groups is 3. The van der Waals surface area contributed by atoms with Crippen LogP contribution in [0.1, 0.15) is 43.2 Å². The van der Waals surface area contributed by atoms with Crippen LogP contribution in [0.4, 0.5) is 10.1 Å². The first-order valence-corrected chi connectivity index (χ1v) is 13.9. The Morgan fingerprint density at radius 2 is 1.90 bits per heavy atom. The number of hydrogen-bond acceptors (Lipinski definition) is 4. The van der Waals surface area contributed by atoms with Crippen molar-refractivity contribution in [2.24, 2.45) is 11.8 Å². The van der Waals surface area contributed by atoms with Crippen LogP contribution in [-0.2, 0) is 25.7 Å². The van der Waals surface area contributed by atoms with Crippen LogP contribution in [-0.4, -0.2) is 46.4 Å². The van der Waals surface area contributed by atoms with Gasteiger partial charge in [0, 0.05) is 28.9 Å². The van der Waals surface area contributed by atoms with Gasteiger partial charge in [-0.15, -0.1) is 0 Å². The number of aryl methyl sites for hydroxylation is 1. The number of amides is 3. The number of nitrogens with zero attached hydrogens (tertiary/aromatic N) is 1. The fourth-order valence-electron chi connectivity index (χ4n) is 6.67. The third kappa shape index (κ3) is 4.43. The van der Waals surface area contributed by atoms with Crippen molar-refractivity contribution in [2.45, 2.75) is 69.4 Å². The highest BCUT2D eigenvalue weighted by molar-refractivity contribution is 6.31. The number of fused-ring (bicyclic) bond motifs is 1. The first-order chi connectivity index (χ1) is 18.8. The van der Waals surface area contributed by atoms with Crippen LogP contribution in [0.5, 0.6) is 0 Å². The van der Waals surface area contributed by atoms with Gasteiger partial charge in [0.15, 0.2) is 0 Å². The highest BCUT2D eigenvalue weighted by atomic mass is 35.5. The van der Waals surface area contributed by atoms with Crippen LogP contribution in [0.2, 0.25) is 5.02 Å². The number of rotatable bonds is 6. The van der Waals surface area contributed by atoms with E-state index >= 15 is 0 Å². The molecule has 9 heteroatoms. The molecule has 0 radical (unpaired) electrons. The van der Waals surface area contributed by atoms with E-state index in [1.807, 2.05) is 6.92 Å². The first-order valence-electron chi connectivity index (χ1n) is 13.6. The summed E-state index contributed by atoms with van der Waals surface area (Å²) < 4.78 is 21.1. The summed E-state index contributed by atoms with van der Waals surface area (Å²) in [6, 6.07) is 10.4. The summed E-state index contributed by atoms with van der Waals surface area (Å²) in [5, 5.41) is 6.54. The Labute approximate surface area is 231 Å². The van der Waals surface area contributed by atoms with Gasteiger partial charge in [-0.1, -0.05) is 67.3 Å². The molecule has 5 atom stereocenters. The predicted molar refractivity (Wildman–Crippen MR) is 144 cm³/mol. The second kappa shape index (κ2) is 10.1. The van der Waals surface area contributed by atoms with Gasteiger partial charge in [0.05, 0.1) is 17.9 Å². The van der Waals surface area contributed by atoms with Crippen molar-refractivity contribution in [1.29, 1.82) is 0 Å². The second-order valence-electron chi connectivity index (χ2n) is 11.1. The number of carbonyl (C=O) groups excluding carboxylic acids is 3. The summed E-state index contributed by atoms with van der Waals surface area (Å²) in [4.78, 5) is 42.9. The molecule has 2 aromatic carbocycles. The van der Waals surface area contributed by atoms with Crippen molar-refractivity contribution in [1.82, 2.24) is 10.2 Å². The Morgan fingerprint density at radius 3 is 2.64 bits per heavy atom. The monoisotopic (exact) mass is 551 g/mol. The smallest absolute Gasteiger partial charge is 0.246 e. The van der Waals surface area contributed by atoms with Crippen LogP contribution in [0.3, 0.4) is 0 Å². The Balaban J connectivity index is 1.33. The molecule has 2 saturated heterocycles. The molecule has 2 bridgehead atoms. The van der Waals surface area contributed by atoms with E-state index in [0.717, 1.165) is 37.7 Å². The lowest BCUT2D eigenvalue weighted by Crippen LogP contribution is -2.56. The largest absolute Gasteiger partial charge is 0.359 e. The van der Waals surface area contributed by atoms with Crippen molar-refractivity contribution in [2.75, 3.05) is 5.32 Å². The van der Waals surface area contributed by atoms with Gasteiger partial charge >= 0.3 is 0 Å². The van der Waals surface area contributed by atoms with Gasteiger partial charge in [-0.25, -0.2) is 4.39 Å². The molecule has 204 valence electrons. The van der Waals surface area contributed by atoms with Gasteiger partial charge < -0.3 is 20.3 Å². The van der Waals surface area contributed by atoms with Crippen molar-refractivity contribution >= 4 is 35.0 Å². The highest BCUT2D eigenvalue weighted by Crippen LogP contribution is 2.55. The zero-order valence-corrected chi connectivity index (χ0v) is 22.4. The molecule has 0 aromatic heterocycles. The number of nitrogens with one attached hydrogen (secondary N) is 2. The summed E-state index contributed by atoms with van der Waals surface area (Å²) in [7, 11) is 0. The zero-order valence-electron chi connectivity index (χ0n) is 21.7. The number of anilines is 1. The van der Waals surface area contributed by atoms with Gasteiger partial charge in [0.1, 0.15) is 17.5 Å². The maximum atomic E-state index is 14.7. The Morgan fingerprint density at radius 1 is 1.13 bits per heavy atom. The van der Waals surface area contributed by atoms with Crippen molar-refractivity contribution in [3.05, 3.63) is 76.6 Å². The molecule has 1 spiro atoms. The number of benzene rings is 2. The summed E-state index contributed by atoms with van der Waals surface area (Å²) in [6.07, 6.45) is 7.83. The van der Waals surface area contributed by atoms with Crippen molar-refractivity contribution in [3.8, 4) is 0 Å². The van der Waals surface area contributed by atoms with Crippen molar-refractivity contribution in [3.63, 3.8) is 0 Å². The van der Waals surface area contributed by atoms with Gasteiger partial charge in [-0.3, -0.25) is 14.4 Å². The first kappa shape index (κ1) is 26.0. The van der Waals surface area contributed by atoms with Gasteiger partial charge in [-0.05, 0) is 43.5 Å². The zero-order chi connectivity index (χ0) is 27.3. The van der Waals surface area contributed by atoms with E-state index in [1.165, 1.54) is 11.0 Å². The Bertz CT molecular complexity index is 1360. The van der Waals surface area contributed by atoms with E-state index in [2.05, 4.69) is 10.6 Å². The molecule has 3 heterocycles. The number of hydrogen-bond donors (Lipinski definition) is 2. The quantitative estimate of drug-likeness (QED) is 0.517. The third-order valence-electron chi connectivity index (χ3n) is 8.61. The number of halogens is 2. The van der Waals surface area contributed by atoms with E-state index in [-0.39, 0.29) is 24.4 Å². The maximum Gasteiger partial charge on any atom is 0.246 e. The van der Waals surface area contributed by atoms with Gasteiger partial charge in [-0.2, -0.15) is 0 Å². The normalized spacial score (nSPS) is 29.5. The summed E-state index contributed by atoms with van der Waals surface area (Å²) in [6.45, 7) is 1.77. The molecule has 1 saturated carbocycles. The Hall–Kier alpha value is -3.23. The molecule has 2 aromatic rings.